The average Bonchev–Trinajstić information content (AvgIpc) is 2.59. The predicted octanol–water partition coefficient (Wildman–Crippen LogP) is 2.01. The molecule has 5 nitrogen and oxygen atoms in total. The molecule has 1 fully saturated rings. The zero-order valence-electron chi connectivity index (χ0n) is 12.8. The predicted molar refractivity (Wildman–Crippen MR) is 84.2 cm³/mol. The van der Waals surface area contributed by atoms with Crippen molar-refractivity contribution in [3.63, 3.8) is 0 Å². The van der Waals surface area contributed by atoms with Gasteiger partial charge in [-0.05, 0) is 30.5 Å². The van der Waals surface area contributed by atoms with Gasteiger partial charge >= 0.3 is 0 Å². The Kier molecular flexibility index (Phi) is 4.92. The minimum atomic E-state index is -0.209. The normalized spacial score (nSPS) is 16.2. The van der Waals surface area contributed by atoms with E-state index >= 15 is 0 Å². The molecule has 2 aromatic rings. The first-order valence-electron chi connectivity index (χ1n) is 7.74. The zero-order valence-corrected chi connectivity index (χ0v) is 12.8. The third-order valence-electron chi connectivity index (χ3n) is 4.04. The third-order valence-corrected chi connectivity index (χ3v) is 4.04. The van der Waals surface area contributed by atoms with Crippen molar-refractivity contribution in [3.05, 3.63) is 59.9 Å². The van der Waals surface area contributed by atoms with Gasteiger partial charge in [-0.15, -0.1) is 0 Å². The van der Waals surface area contributed by atoms with Gasteiger partial charge in [0.05, 0.1) is 6.20 Å². The second-order valence-corrected chi connectivity index (χ2v) is 5.74. The number of likely N-dealkylation sites (tertiary alicyclic amines) is 1. The molecule has 0 spiro atoms. The Balaban J connectivity index is 1.47. The number of amides is 1. The molecule has 23 heavy (non-hydrogen) atoms. The van der Waals surface area contributed by atoms with E-state index in [2.05, 4.69) is 20.2 Å². The smallest absolute Gasteiger partial charge is 0.271 e. The average molecular weight is 314 g/mol. The topological polar surface area (TPSA) is 58.1 Å². The highest BCUT2D eigenvalue weighted by atomic mass is 19.1. The highest BCUT2D eigenvalue weighted by Crippen LogP contribution is 2.14. The van der Waals surface area contributed by atoms with Gasteiger partial charge in [0.1, 0.15) is 11.5 Å². The molecule has 1 amide bonds. The Bertz CT molecular complexity index is 639. The van der Waals surface area contributed by atoms with Gasteiger partial charge in [0.25, 0.3) is 5.91 Å². The van der Waals surface area contributed by atoms with Gasteiger partial charge in [0, 0.05) is 38.1 Å². The molecule has 0 aliphatic carbocycles. The van der Waals surface area contributed by atoms with Crippen LogP contribution in [0.1, 0.15) is 28.9 Å². The zero-order chi connectivity index (χ0) is 16.1. The van der Waals surface area contributed by atoms with E-state index in [9.17, 15) is 9.18 Å². The van der Waals surface area contributed by atoms with Crippen LogP contribution in [-0.2, 0) is 6.54 Å². The molecular formula is C17H19FN4O. The summed E-state index contributed by atoms with van der Waals surface area (Å²) in [4.78, 5) is 22.3. The molecule has 1 aliphatic heterocycles. The van der Waals surface area contributed by atoms with E-state index < -0.39 is 0 Å². The molecule has 0 saturated carbocycles. The highest BCUT2D eigenvalue weighted by molar-refractivity contribution is 5.92. The van der Waals surface area contributed by atoms with Crippen molar-refractivity contribution >= 4 is 5.91 Å². The molecule has 0 unspecified atom stereocenters. The maximum absolute atomic E-state index is 12.9. The largest absolute Gasteiger partial charge is 0.348 e. The van der Waals surface area contributed by atoms with Crippen LogP contribution < -0.4 is 5.32 Å². The number of nitrogens with zero attached hydrogens (tertiary/aromatic N) is 3. The molecular weight excluding hydrogens is 295 g/mol. The Labute approximate surface area is 134 Å². The summed E-state index contributed by atoms with van der Waals surface area (Å²) in [6.45, 7) is 2.62. The molecule has 0 atom stereocenters. The Hall–Kier alpha value is -2.34. The molecule has 1 saturated heterocycles. The van der Waals surface area contributed by atoms with E-state index in [-0.39, 0.29) is 17.8 Å². The van der Waals surface area contributed by atoms with Gasteiger partial charge < -0.3 is 5.32 Å². The van der Waals surface area contributed by atoms with Crippen molar-refractivity contribution in [2.24, 2.45) is 0 Å². The monoisotopic (exact) mass is 314 g/mol. The quantitative estimate of drug-likeness (QED) is 0.938. The summed E-state index contributed by atoms with van der Waals surface area (Å²) >= 11 is 0. The van der Waals surface area contributed by atoms with Crippen molar-refractivity contribution < 1.29 is 9.18 Å². The van der Waals surface area contributed by atoms with Gasteiger partial charge in [0.2, 0.25) is 0 Å². The number of piperidine rings is 1. The molecule has 1 aromatic carbocycles. The van der Waals surface area contributed by atoms with Gasteiger partial charge in [-0.2, -0.15) is 0 Å². The molecule has 3 rings (SSSR count). The van der Waals surface area contributed by atoms with Crippen molar-refractivity contribution in [2.75, 3.05) is 13.1 Å². The number of hydrogen-bond donors (Lipinski definition) is 1. The molecule has 0 bridgehead atoms. The second-order valence-electron chi connectivity index (χ2n) is 5.74. The second kappa shape index (κ2) is 7.28. The minimum absolute atomic E-state index is 0.161. The SMILES string of the molecule is O=C(NC1CCN(Cc2ccc(F)cc2)CC1)c1cnccn1. The number of halogens is 1. The fourth-order valence-corrected chi connectivity index (χ4v) is 2.76. The van der Waals surface area contributed by atoms with Crippen LogP contribution >= 0.6 is 0 Å². The Morgan fingerprint density at radius 3 is 2.61 bits per heavy atom. The van der Waals surface area contributed by atoms with E-state index in [1.54, 1.807) is 6.20 Å². The first-order valence-corrected chi connectivity index (χ1v) is 7.74. The molecule has 1 N–H and O–H groups in total. The van der Waals surface area contributed by atoms with Crippen LogP contribution in [0.5, 0.6) is 0 Å². The van der Waals surface area contributed by atoms with Crippen LogP contribution in [0.2, 0.25) is 0 Å². The number of hydrogen-bond acceptors (Lipinski definition) is 4. The van der Waals surface area contributed by atoms with Gasteiger partial charge in [-0.1, -0.05) is 12.1 Å². The first kappa shape index (κ1) is 15.6. The molecule has 1 aromatic heterocycles. The number of rotatable bonds is 4. The van der Waals surface area contributed by atoms with Gasteiger partial charge in [-0.3, -0.25) is 14.7 Å². The molecule has 1 aliphatic rings. The fourth-order valence-electron chi connectivity index (χ4n) is 2.76. The fraction of sp³-hybridized carbons (Fsp3) is 0.353. The van der Waals surface area contributed by atoms with Crippen molar-refractivity contribution in [2.45, 2.75) is 25.4 Å². The lowest BCUT2D eigenvalue weighted by atomic mass is 10.0. The van der Waals surface area contributed by atoms with E-state index in [1.165, 1.54) is 24.5 Å². The summed E-state index contributed by atoms with van der Waals surface area (Å²) in [6.07, 6.45) is 6.32. The summed E-state index contributed by atoms with van der Waals surface area (Å²) in [7, 11) is 0. The molecule has 120 valence electrons. The molecule has 0 radical (unpaired) electrons. The highest BCUT2D eigenvalue weighted by Gasteiger charge is 2.21. The lowest BCUT2D eigenvalue weighted by Gasteiger charge is -2.32. The maximum Gasteiger partial charge on any atom is 0.271 e. The summed E-state index contributed by atoms with van der Waals surface area (Å²) in [5.41, 5.74) is 1.45. The summed E-state index contributed by atoms with van der Waals surface area (Å²) < 4.78 is 12.9. The van der Waals surface area contributed by atoms with Gasteiger partial charge in [0.15, 0.2) is 0 Å². The number of benzene rings is 1. The third kappa shape index (κ3) is 4.32. The van der Waals surface area contributed by atoms with Gasteiger partial charge in [-0.25, -0.2) is 9.37 Å². The first-order chi connectivity index (χ1) is 11.2. The Morgan fingerprint density at radius 1 is 1.22 bits per heavy atom. The standard InChI is InChI=1S/C17H19FN4O/c18-14-3-1-13(2-4-14)12-22-9-5-15(6-10-22)21-17(23)16-11-19-7-8-20-16/h1-4,7-8,11,15H,5-6,9-10,12H2,(H,21,23). The maximum atomic E-state index is 12.9. The van der Waals surface area contributed by atoms with Crippen LogP contribution in [-0.4, -0.2) is 39.9 Å². The van der Waals surface area contributed by atoms with E-state index in [1.807, 2.05) is 12.1 Å². The van der Waals surface area contributed by atoms with Crippen LogP contribution in [0, 0.1) is 5.82 Å². The summed E-state index contributed by atoms with van der Waals surface area (Å²) in [5.74, 6) is -0.380. The minimum Gasteiger partial charge on any atom is -0.348 e. The lowest BCUT2D eigenvalue weighted by molar-refractivity contribution is 0.0903. The van der Waals surface area contributed by atoms with E-state index in [0.29, 0.717) is 5.69 Å². The van der Waals surface area contributed by atoms with E-state index in [4.69, 9.17) is 0 Å². The number of aromatic nitrogens is 2. The van der Waals surface area contributed by atoms with Crippen LogP contribution in [0.25, 0.3) is 0 Å². The molecule has 6 heteroatoms. The van der Waals surface area contributed by atoms with E-state index in [0.717, 1.165) is 38.0 Å². The van der Waals surface area contributed by atoms with Crippen molar-refractivity contribution in [1.82, 2.24) is 20.2 Å². The number of carbonyl (C=O) groups is 1. The molecule has 2 heterocycles. The van der Waals surface area contributed by atoms with Crippen molar-refractivity contribution in [1.29, 1.82) is 0 Å². The number of carbonyl (C=O) groups excluding carboxylic acids is 1. The van der Waals surface area contributed by atoms with Crippen molar-refractivity contribution in [3.8, 4) is 0 Å². The summed E-state index contributed by atoms with van der Waals surface area (Å²) in [5, 5.41) is 3.01. The Morgan fingerprint density at radius 2 is 1.96 bits per heavy atom. The number of nitrogens with one attached hydrogen (secondary N) is 1. The van der Waals surface area contributed by atoms with Crippen LogP contribution in [0.3, 0.4) is 0 Å². The van der Waals surface area contributed by atoms with Crippen LogP contribution in [0.15, 0.2) is 42.9 Å². The van der Waals surface area contributed by atoms with Crippen LogP contribution in [0.4, 0.5) is 4.39 Å². The lowest BCUT2D eigenvalue weighted by Crippen LogP contribution is -2.44. The summed E-state index contributed by atoms with van der Waals surface area (Å²) in [6, 6.07) is 6.77.